The minimum Gasteiger partial charge on any atom is -0.353 e. The molecule has 9 heteroatoms. The molecule has 1 aliphatic rings. The quantitative estimate of drug-likeness (QED) is 0.798. The lowest BCUT2D eigenvalue weighted by molar-refractivity contribution is -0.127. The van der Waals surface area contributed by atoms with E-state index in [0.717, 1.165) is 23.8 Å². The van der Waals surface area contributed by atoms with E-state index < -0.39 is 33.4 Å². The summed E-state index contributed by atoms with van der Waals surface area (Å²) in [5.74, 6) is -1.98. The molecule has 0 unspecified atom stereocenters. The Hall–Kier alpha value is -2.78. The van der Waals surface area contributed by atoms with E-state index in [1.165, 1.54) is 4.90 Å². The second kappa shape index (κ2) is 7.45. The third kappa shape index (κ3) is 4.15. The van der Waals surface area contributed by atoms with Gasteiger partial charge in [0.1, 0.15) is 11.9 Å². The third-order valence-electron chi connectivity index (χ3n) is 4.36. The van der Waals surface area contributed by atoms with Crippen molar-refractivity contribution in [3.8, 4) is 0 Å². The molecule has 1 saturated heterocycles. The summed E-state index contributed by atoms with van der Waals surface area (Å²) >= 11 is 0. The van der Waals surface area contributed by atoms with Crippen LogP contribution in [0.5, 0.6) is 0 Å². The van der Waals surface area contributed by atoms with Crippen molar-refractivity contribution < 1.29 is 22.4 Å². The summed E-state index contributed by atoms with van der Waals surface area (Å²) in [5.41, 5.74) is 0.408. The van der Waals surface area contributed by atoms with Gasteiger partial charge in [0.2, 0.25) is 15.9 Å². The van der Waals surface area contributed by atoms with Crippen molar-refractivity contribution in [2.45, 2.75) is 17.4 Å². The van der Waals surface area contributed by atoms with Crippen molar-refractivity contribution >= 4 is 21.8 Å². The van der Waals surface area contributed by atoms with Crippen LogP contribution in [-0.2, 0) is 21.2 Å². The molecule has 27 heavy (non-hydrogen) atoms. The second-order valence-electron chi connectivity index (χ2n) is 6.18. The standard InChI is InChI=1S/C18H18FN3O4S/c19-15-7-6-13(27(20,25)26)11-14(15)18(24)22-9-8-21-17(23)16(22)10-12-4-2-1-3-5-12/h1-7,11,16H,8-10H2,(H,21,23)(H2,20,25,26)/t16-/m0/s1. The predicted molar refractivity (Wildman–Crippen MR) is 95.8 cm³/mol. The van der Waals surface area contributed by atoms with Gasteiger partial charge in [-0.05, 0) is 23.8 Å². The molecule has 0 saturated carbocycles. The van der Waals surface area contributed by atoms with Crippen LogP contribution in [0.25, 0.3) is 0 Å². The number of rotatable bonds is 4. The van der Waals surface area contributed by atoms with E-state index >= 15 is 0 Å². The van der Waals surface area contributed by atoms with Crippen molar-refractivity contribution in [3.63, 3.8) is 0 Å². The van der Waals surface area contributed by atoms with Crippen molar-refractivity contribution in [1.29, 1.82) is 0 Å². The van der Waals surface area contributed by atoms with Gasteiger partial charge in [0.15, 0.2) is 0 Å². The Kier molecular flexibility index (Phi) is 5.24. The van der Waals surface area contributed by atoms with Crippen molar-refractivity contribution in [1.82, 2.24) is 10.2 Å². The fourth-order valence-electron chi connectivity index (χ4n) is 3.00. The maximum atomic E-state index is 14.2. The Labute approximate surface area is 156 Å². The topological polar surface area (TPSA) is 110 Å². The van der Waals surface area contributed by atoms with Gasteiger partial charge in [-0.15, -0.1) is 0 Å². The summed E-state index contributed by atoms with van der Waals surface area (Å²) in [4.78, 5) is 26.2. The Bertz CT molecular complexity index is 979. The summed E-state index contributed by atoms with van der Waals surface area (Å²) < 4.78 is 37.3. The van der Waals surface area contributed by atoms with E-state index in [2.05, 4.69) is 5.32 Å². The number of amides is 2. The fraction of sp³-hybridized carbons (Fsp3) is 0.222. The molecule has 3 rings (SSSR count). The van der Waals surface area contributed by atoms with Crippen LogP contribution < -0.4 is 10.5 Å². The number of hydrogen-bond donors (Lipinski definition) is 2. The first-order chi connectivity index (χ1) is 12.8. The average Bonchev–Trinajstić information content (AvgIpc) is 2.63. The Morgan fingerprint density at radius 3 is 2.59 bits per heavy atom. The second-order valence-corrected chi connectivity index (χ2v) is 7.74. The third-order valence-corrected chi connectivity index (χ3v) is 5.27. The average molecular weight is 391 g/mol. The van der Waals surface area contributed by atoms with Gasteiger partial charge in [0.05, 0.1) is 10.5 Å². The number of sulfonamides is 1. The molecule has 3 N–H and O–H groups in total. The molecule has 2 aromatic rings. The zero-order valence-electron chi connectivity index (χ0n) is 14.3. The van der Waals surface area contributed by atoms with Crippen molar-refractivity contribution in [2.24, 2.45) is 5.14 Å². The van der Waals surface area contributed by atoms with E-state index in [4.69, 9.17) is 5.14 Å². The number of benzene rings is 2. The molecule has 1 aliphatic heterocycles. The zero-order valence-corrected chi connectivity index (χ0v) is 15.1. The molecule has 0 aromatic heterocycles. The van der Waals surface area contributed by atoms with Crippen LogP contribution in [0.3, 0.4) is 0 Å². The summed E-state index contributed by atoms with van der Waals surface area (Å²) in [6.45, 7) is 0.410. The van der Waals surface area contributed by atoms with Gasteiger partial charge in [0, 0.05) is 19.5 Å². The Balaban J connectivity index is 1.95. The molecule has 2 aromatic carbocycles. The first-order valence-electron chi connectivity index (χ1n) is 8.22. The molecule has 0 aliphatic carbocycles. The van der Waals surface area contributed by atoms with E-state index in [1.54, 1.807) is 0 Å². The first kappa shape index (κ1) is 19.0. The Morgan fingerprint density at radius 1 is 1.22 bits per heavy atom. The lowest BCUT2D eigenvalue weighted by Gasteiger charge is -2.35. The minimum absolute atomic E-state index is 0.182. The Morgan fingerprint density at radius 2 is 1.93 bits per heavy atom. The van der Waals surface area contributed by atoms with Crippen molar-refractivity contribution in [2.75, 3.05) is 13.1 Å². The molecule has 0 spiro atoms. The number of piperazine rings is 1. The molecule has 1 atom stereocenters. The van der Waals surface area contributed by atoms with Gasteiger partial charge < -0.3 is 10.2 Å². The molecule has 0 bridgehead atoms. The van der Waals surface area contributed by atoms with Crippen LogP contribution in [0.4, 0.5) is 4.39 Å². The van der Waals surface area contributed by atoms with Gasteiger partial charge in [-0.3, -0.25) is 9.59 Å². The van der Waals surface area contributed by atoms with Crippen LogP contribution in [0, 0.1) is 5.82 Å². The number of hydrogen-bond acceptors (Lipinski definition) is 4. The highest BCUT2D eigenvalue weighted by Gasteiger charge is 2.34. The molecule has 1 fully saturated rings. The van der Waals surface area contributed by atoms with Crippen LogP contribution in [0.1, 0.15) is 15.9 Å². The van der Waals surface area contributed by atoms with Gasteiger partial charge in [-0.1, -0.05) is 30.3 Å². The molecule has 1 heterocycles. The van der Waals surface area contributed by atoms with E-state index in [9.17, 15) is 22.4 Å². The lowest BCUT2D eigenvalue weighted by Crippen LogP contribution is -2.58. The SMILES string of the molecule is NS(=O)(=O)c1ccc(F)c(C(=O)N2CCNC(=O)[C@@H]2Cc2ccccc2)c1. The monoisotopic (exact) mass is 391 g/mol. The number of primary sulfonamides is 1. The van der Waals surface area contributed by atoms with Crippen LogP contribution in [0.15, 0.2) is 53.4 Å². The summed E-state index contributed by atoms with van der Waals surface area (Å²) in [7, 11) is -4.10. The van der Waals surface area contributed by atoms with Crippen molar-refractivity contribution in [3.05, 3.63) is 65.5 Å². The lowest BCUT2D eigenvalue weighted by atomic mass is 10.0. The highest BCUT2D eigenvalue weighted by Crippen LogP contribution is 2.20. The van der Waals surface area contributed by atoms with E-state index in [1.807, 2.05) is 30.3 Å². The summed E-state index contributed by atoms with van der Waals surface area (Å²) in [6.07, 6.45) is 0.259. The predicted octanol–water partition coefficient (Wildman–Crippen LogP) is 0.656. The first-order valence-corrected chi connectivity index (χ1v) is 9.77. The summed E-state index contributed by atoms with van der Waals surface area (Å²) in [6, 6.07) is 11.1. The zero-order chi connectivity index (χ0) is 19.6. The highest BCUT2D eigenvalue weighted by molar-refractivity contribution is 7.89. The number of nitrogens with one attached hydrogen (secondary N) is 1. The van der Waals surface area contributed by atoms with Gasteiger partial charge in [-0.25, -0.2) is 17.9 Å². The fourth-order valence-corrected chi connectivity index (χ4v) is 3.54. The molecule has 7 nitrogen and oxygen atoms in total. The normalized spacial score (nSPS) is 17.5. The number of nitrogens with zero attached hydrogens (tertiary/aromatic N) is 1. The molecule has 0 radical (unpaired) electrons. The van der Waals surface area contributed by atoms with Gasteiger partial charge in [0.25, 0.3) is 5.91 Å². The van der Waals surface area contributed by atoms with E-state index in [-0.39, 0.29) is 30.3 Å². The molecular formula is C18H18FN3O4S. The summed E-state index contributed by atoms with van der Waals surface area (Å²) in [5, 5.41) is 7.76. The minimum atomic E-state index is -4.10. The van der Waals surface area contributed by atoms with Crippen LogP contribution >= 0.6 is 0 Å². The van der Waals surface area contributed by atoms with Crippen LogP contribution in [-0.4, -0.2) is 44.3 Å². The highest BCUT2D eigenvalue weighted by atomic mass is 32.2. The molecule has 142 valence electrons. The number of carbonyl (C=O) groups is 2. The smallest absolute Gasteiger partial charge is 0.257 e. The largest absolute Gasteiger partial charge is 0.353 e. The number of nitrogens with two attached hydrogens (primary N) is 1. The number of carbonyl (C=O) groups excluding carboxylic acids is 2. The van der Waals surface area contributed by atoms with E-state index in [0.29, 0.717) is 0 Å². The maximum Gasteiger partial charge on any atom is 0.257 e. The molecule has 2 amide bonds. The van der Waals surface area contributed by atoms with Gasteiger partial charge in [-0.2, -0.15) is 0 Å². The van der Waals surface area contributed by atoms with Crippen LogP contribution in [0.2, 0.25) is 0 Å². The maximum absolute atomic E-state index is 14.2. The van der Waals surface area contributed by atoms with Gasteiger partial charge >= 0.3 is 0 Å². The molecular weight excluding hydrogens is 373 g/mol. The number of halogens is 1.